The predicted octanol–water partition coefficient (Wildman–Crippen LogP) is 3.02. The molecule has 1 aliphatic rings. The minimum absolute atomic E-state index is 0.724. The van der Waals surface area contributed by atoms with Gasteiger partial charge in [0.2, 0.25) is 7.42 Å². The summed E-state index contributed by atoms with van der Waals surface area (Å²) in [6, 6.07) is 0. The molecule has 1 saturated carbocycles. The molecule has 0 nitrogen and oxygen atoms in total. The molecule has 1 rings (SSSR count). The summed E-state index contributed by atoms with van der Waals surface area (Å²) in [6.07, 6.45) is 6.69. The van der Waals surface area contributed by atoms with Gasteiger partial charge in [-0.25, -0.2) is 0 Å². The van der Waals surface area contributed by atoms with Crippen molar-refractivity contribution in [2.24, 2.45) is 0 Å². The first-order valence-electron chi connectivity index (χ1n) is 3.59. The summed E-state index contributed by atoms with van der Waals surface area (Å²) in [4.78, 5) is 0. The normalized spacial score (nSPS) is 23.0. The van der Waals surface area contributed by atoms with E-state index >= 15 is 0 Å². The van der Waals surface area contributed by atoms with Crippen LogP contribution in [-0.4, -0.2) is 7.42 Å². The van der Waals surface area contributed by atoms with Gasteiger partial charge in [0, 0.05) is 0 Å². The fraction of sp³-hybridized carbons (Fsp3) is 1.00. The van der Waals surface area contributed by atoms with Gasteiger partial charge in [-0.05, 0) is 5.54 Å². The number of hydrogen-bond acceptors (Lipinski definition) is 0. The Morgan fingerprint density at radius 1 is 1.00 bits per heavy atom. The van der Waals surface area contributed by atoms with E-state index in [2.05, 4.69) is 0 Å². The second-order valence-electron chi connectivity index (χ2n) is 2.73. The van der Waals surface area contributed by atoms with Crippen LogP contribution in [0.4, 0.5) is 0 Å². The van der Waals surface area contributed by atoms with E-state index < -0.39 is 7.42 Å². The van der Waals surface area contributed by atoms with E-state index in [0.717, 1.165) is 5.54 Å². The first-order valence-corrected chi connectivity index (χ1v) is 7.74. The Morgan fingerprint density at radius 3 is 1.89 bits per heavy atom. The maximum Gasteiger partial charge on any atom is 0.240 e. The molecule has 1 fully saturated rings. The van der Waals surface area contributed by atoms with Gasteiger partial charge in [0.25, 0.3) is 0 Å². The van der Waals surface area contributed by atoms with Crippen LogP contribution in [0.1, 0.15) is 32.1 Å². The van der Waals surface area contributed by atoms with Gasteiger partial charge in [0.1, 0.15) is 0 Å². The standard InChI is InChI=1S/C6H12Cl2Si/c7-9(8)6-4-2-1-3-5-6/h6,9H,1-5H2. The summed E-state index contributed by atoms with van der Waals surface area (Å²) in [5.74, 6) is 0. The first kappa shape index (κ1) is 7.90. The quantitative estimate of drug-likeness (QED) is 0.433. The van der Waals surface area contributed by atoms with E-state index in [-0.39, 0.29) is 0 Å². The Bertz CT molecular complexity index is 79.1. The maximum atomic E-state index is 5.86. The Morgan fingerprint density at radius 2 is 1.56 bits per heavy atom. The summed E-state index contributed by atoms with van der Waals surface area (Å²) in [5, 5.41) is 0. The third-order valence-corrected chi connectivity index (χ3v) is 5.52. The van der Waals surface area contributed by atoms with E-state index in [1.165, 1.54) is 32.1 Å². The summed E-state index contributed by atoms with van der Waals surface area (Å²) < 4.78 is 0. The molecular formula is C6H12Cl2Si. The molecule has 0 atom stereocenters. The summed E-state index contributed by atoms with van der Waals surface area (Å²) in [6.45, 7) is 0. The van der Waals surface area contributed by atoms with E-state index in [0.29, 0.717) is 0 Å². The lowest BCUT2D eigenvalue weighted by atomic mass is 10.0. The highest BCUT2D eigenvalue weighted by atomic mass is 35.7. The monoisotopic (exact) mass is 182 g/mol. The zero-order chi connectivity index (χ0) is 6.69. The van der Waals surface area contributed by atoms with Crippen LogP contribution in [0.2, 0.25) is 5.54 Å². The molecule has 0 heterocycles. The second-order valence-corrected chi connectivity index (χ2v) is 7.84. The van der Waals surface area contributed by atoms with Crippen LogP contribution in [0.15, 0.2) is 0 Å². The Balaban J connectivity index is 2.23. The smallest absolute Gasteiger partial charge is 0.150 e. The van der Waals surface area contributed by atoms with Crippen molar-refractivity contribution in [1.82, 2.24) is 0 Å². The van der Waals surface area contributed by atoms with Crippen LogP contribution in [-0.2, 0) is 0 Å². The summed E-state index contributed by atoms with van der Waals surface area (Å²) >= 11 is 11.7. The van der Waals surface area contributed by atoms with Gasteiger partial charge >= 0.3 is 0 Å². The molecule has 0 aliphatic heterocycles. The van der Waals surface area contributed by atoms with Gasteiger partial charge in [0.15, 0.2) is 0 Å². The van der Waals surface area contributed by atoms with E-state index in [1.54, 1.807) is 0 Å². The molecule has 54 valence electrons. The van der Waals surface area contributed by atoms with Crippen molar-refractivity contribution in [3.63, 3.8) is 0 Å². The largest absolute Gasteiger partial charge is 0.240 e. The first-order chi connectivity index (χ1) is 4.30. The van der Waals surface area contributed by atoms with Gasteiger partial charge in [-0.3, -0.25) is 0 Å². The number of halogens is 2. The minimum Gasteiger partial charge on any atom is -0.150 e. The van der Waals surface area contributed by atoms with Gasteiger partial charge in [0.05, 0.1) is 0 Å². The fourth-order valence-corrected chi connectivity index (χ4v) is 3.87. The Kier molecular flexibility index (Phi) is 3.37. The third-order valence-electron chi connectivity index (χ3n) is 2.01. The van der Waals surface area contributed by atoms with Gasteiger partial charge in [-0.15, -0.1) is 0 Å². The molecule has 0 unspecified atom stereocenters. The third kappa shape index (κ3) is 2.48. The minimum atomic E-state index is -1.31. The molecule has 0 aromatic heterocycles. The highest BCUT2D eigenvalue weighted by molar-refractivity contribution is 7.34. The summed E-state index contributed by atoms with van der Waals surface area (Å²) in [7, 11) is -1.31. The lowest BCUT2D eigenvalue weighted by molar-refractivity contribution is 0.502. The van der Waals surface area contributed by atoms with Crippen LogP contribution in [0.25, 0.3) is 0 Å². The molecule has 0 aromatic carbocycles. The summed E-state index contributed by atoms with van der Waals surface area (Å²) in [5.41, 5.74) is 0.724. The SMILES string of the molecule is Cl[SiH](Cl)C1CCCCC1. The molecule has 0 bridgehead atoms. The zero-order valence-electron chi connectivity index (χ0n) is 5.45. The van der Waals surface area contributed by atoms with E-state index in [9.17, 15) is 0 Å². The Hall–Kier alpha value is 0.797. The molecule has 0 spiro atoms. The van der Waals surface area contributed by atoms with E-state index in [1.807, 2.05) is 0 Å². The second kappa shape index (κ2) is 3.84. The van der Waals surface area contributed by atoms with Crippen LogP contribution < -0.4 is 0 Å². The fourth-order valence-electron chi connectivity index (χ4n) is 1.39. The molecule has 0 N–H and O–H groups in total. The molecule has 9 heavy (non-hydrogen) atoms. The topological polar surface area (TPSA) is 0 Å². The lowest BCUT2D eigenvalue weighted by Crippen LogP contribution is -2.10. The number of rotatable bonds is 1. The lowest BCUT2D eigenvalue weighted by Gasteiger charge is -2.20. The van der Waals surface area contributed by atoms with Crippen molar-refractivity contribution in [1.29, 1.82) is 0 Å². The molecule has 0 amide bonds. The van der Waals surface area contributed by atoms with Crippen molar-refractivity contribution in [3.8, 4) is 0 Å². The Labute approximate surface area is 67.6 Å². The van der Waals surface area contributed by atoms with Gasteiger partial charge < -0.3 is 0 Å². The van der Waals surface area contributed by atoms with Crippen LogP contribution in [0, 0.1) is 0 Å². The van der Waals surface area contributed by atoms with Crippen LogP contribution in [0.3, 0.4) is 0 Å². The molecule has 0 radical (unpaired) electrons. The van der Waals surface area contributed by atoms with Crippen LogP contribution in [0.5, 0.6) is 0 Å². The average Bonchev–Trinajstić information content (AvgIpc) is 1.90. The highest BCUT2D eigenvalue weighted by Gasteiger charge is 2.20. The average molecular weight is 183 g/mol. The van der Waals surface area contributed by atoms with Gasteiger partial charge in [-0.2, -0.15) is 22.2 Å². The van der Waals surface area contributed by atoms with Crippen molar-refractivity contribution in [3.05, 3.63) is 0 Å². The van der Waals surface area contributed by atoms with Crippen LogP contribution >= 0.6 is 22.2 Å². The van der Waals surface area contributed by atoms with Gasteiger partial charge in [-0.1, -0.05) is 32.1 Å². The highest BCUT2D eigenvalue weighted by Crippen LogP contribution is 2.33. The zero-order valence-corrected chi connectivity index (χ0v) is 8.11. The van der Waals surface area contributed by atoms with Crippen molar-refractivity contribution < 1.29 is 0 Å². The number of hydrogen-bond donors (Lipinski definition) is 0. The van der Waals surface area contributed by atoms with Crippen molar-refractivity contribution in [2.75, 3.05) is 0 Å². The maximum absolute atomic E-state index is 5.86. The van der Waals surface area contributed by atoms with Crippen molar-refractivity contribution in [2.45, 2.75) is 37.6 Å². The molecule has 3 heteroatoms. The predicted molar refractivity (Wildman–Crippen MR) is 45.7 cm³/mol. The molecule has 0 aromatic rings. The molecule has 1 aliphatic carbocycles. The molecular weight excluding hydrogens is 171 g/mol. The van der Waals surface area contributed by atoms with E-state index in [4.69, 9.17) is 22.2 Å². The molecule has 0 saturated heterocycles. The van der Waals surface area contributed by atoms with Crippen molar-refractivity contribution >= 4 is 29.6 Å².